The molecule has 1 atom stereocenters. The molecule has 1 fully saturated rings. The van der Waals surface area contributed by atoms with Crippen LogP contribution in [0.5, 0.6) is 11.5 Å². The summed E-state index contributed by atoms with van der Waals surface area (Å²) in [5.74, 6) is 1.96. The summed E-state index contributed by atoms with van der Waals surface area (Å²) in [6.07, 6.45) is 2.67. The van der Waals surface area contributed by atoms with Gasteiger partial charge in [0.15, 0.2) is 0 Å². The third kappa shape index (κ3) is 2.67. The van der Waals surface area contributed by atoms with Gasteiger partial charge in [-0.15, -0.1) is 0 Å². The van der Waals surface area contributed by atoms with E-state index in [2.05, 4.69) is 12.2 Å². The molecule has 0 saturated heterocycles. The Labute approximate surface area is 96.4 Å². The minimum atomic E-state index is 0.163. The van der Waals surface area contributed by atoms with Crippen molar-refractivity contribution < 1.29 is 9.84 Å². The van der Waals surface area contributed by atoms with Gasteiger partial charge in [0, 0.05) is 11.6 Å². The summed E-state index contributed by atoms with van der Waals surface area (Å²) in [4.78, 5) is 0. The minimum absolute atomic E-state index is 0.163. The maximum absolute atomic E-state index is 9.79. The van der Waals surface area contributed by atoms with Crippen molar-refractivity contribution in [3.05, 3.63) is 23.8 Å². The molecule has 2 rings (SSSR count). The third-order valence-corrected chi connectivity index (χ3v) is 3.11. The van der Waals surface area contributed by atoms with Crippen LogP contribution in [-0.2, 0) is 0 Å². The number of phenols is 1. The van der Waals surface area contributed by atoms with Crippen molar-refractivity contribution >= 4 is 0 Å². The predicted octanol–water partition coefficient (Wildman–Crippen LogP) is 2.46. The number of methoxy groups -OCH3 is 1. The van der Waals surface area contributed by atoms with Crippen LogP contribution < -0.4 is 10.1 Å². The molecule has 3 heteroatoms. The molecule has 1 aromatic carbocycles. The quantitative estimate of drug-likeness (QED) is 0.802. The number of hydrogen-bond donors (Lipinski definition) is 2. The topological polar surface area (TPSA) is 41.5 Å². The number of rotatable bonds is 5. The van der Waals surface area contributed by atoms with Crippen LogP contribution in [0.25, 0.3) is 0 Å². The van der Waals surface area contributed by atoms with Crippen LogP contribution in [0, 0.1) is 5.92 Å². The minimum Gasteiger partial charge on any atom is -0.508 e. The Kier molecular flexibility index (Phi) is 3.34. The van der Waals surface area contributed by atoms with Gasteiger partial charge in [-0.1, -0.05) is 0 Å². The van der Waals surface area contributed by atoms with Crippen LogP contribution in [0.15, 0.2) is 18.2 Å². The summed E-state index contributed by atoms with van der Waals surface area (Å²) in [5.41, 5.74) is 0.903. The van der Waals surface area contributed by atoms with E-state index in [1.807, 2.05) is 6.07 Å². The number of nitrogens with one attached hydrogen (secondary N) is 1. The van der Waals surface area contributed by atoms with Gasteiger partial charge >= 0.3 is 0 Å². The highest BCUT2D eigenvalue weighted by atomic mass is 16.5. The molecule has 0 spiro atoms. The molecule has 88 valence electrons. The van der Waals surface area contributed by atoms with E-state index in [4.69, 9.17) is 4.74 Å². The molecule has 0 amide bonds. The van der Waals surface area contributed by atoms with Crippen molar-refractivity contribution in [1.29, 1.82) is 0 Å². The molecule has 16 heavy (non-hydrogen) atoms. The standard InChI is InChI=1S/C13H19NO2/c1-9(14-8-10-3-4-10)12-7-11(16-2)5-6-13(12)15/h5-7,9-10,14-15H,3-4,8H2,1-2H3. The van der Waals surface area contributed by atoms with Crippen molar-refractivity contribution in [2.45, 2.75) is 25.8 Å². The molecule has 0 aliphatic heterocycles. The monoisotopic (exact) mass is 221 g/mol. The first-order valence-corrected chi connectivity index (χ1v) is 5.81. The number of hydrogen-bond acceptors (Lipinski definition) is 3. The van der Waals surface area contributed by atoms with Gasteiger partial charge in [0.1, 0.15) is 11.5 Å². The number of aromatic hydroxyl groups is 1. The third-order valence-electron chi connectivity index (χ3n) is 3.11. The predicted molar refractivity (Wildman–Crippen MR) is 63.8 cm³/mol. The summed E-state index contributed by atoms with van der Waals surface area (Å²) in [5, 5.41) is 13.2. The molecule has 3 nitrogen and oxygen atoms in total. The highest BCUT2D eigenvalue weighted by Crippen LogP contribution is 2.31. The van der Waals surface area contributed by atoms with E-state index in [9.17, 15) is 5.11 Å². The summed E-state index contributed by atoms with van der Waals surface area (Å²) >= 11 is 0. The Morgan fingerprint density at radius 1 is 1.50 bits per heavy atom. The lowest BCUT2D eigenvalue weighted by Crippen LogP contribution is -2.21. The fourth-order valence-electron chi connectivity index (χ4n) is 1.78. The van der Waals surface area contributed by atoms with Crippen LogP contribution in [0.1, 0.15) is 31.4 Å². The highest BCUT2D eigenvalue weighted by molar-refractivity contribution is 5.41. The van der Waals surface area contributed by atoms with Gasteiger partial charge in [-0.3, -0.25) is 0 Å². The van der Waals surface area contributed by atoms with Gasteiger partial charge in [0.05, 0.1) is 7.11 Å². The largest absolute Gasteiger partial charge is 0.508 e. The SMILES string of the molecule is COc1ccc(O)c(C(C)NCC2CC2)c1. The Balaban J connectivity index is 2.04. The van der Waals surface area contributed by atoms with Crippen LogP contribution in [0.4, 0.5) is 0 Å². The van der Waals surface area contributed by atoms with Crippen LogP contribution in [-0.4, -0.2) is 18.8 Å². The fourth-order valence-corrected chi connectivity index (χ4v) is 1.78. The van der Waals surface area contributed by atoms with Crippen molar-refractivity contribution in [2.24, 2.45) is 5.92 Å². The molecule has 0 heterocycles. The van der Waals surface area contributed by atoms with Crippen molar-refractivity contribution in [2.75, 3.05) is 13.7 Å². The first-order valence-electron chi connectivity index (χ1n) is 5.81. The van der Waals surface area contributed by atoms with Gasteiger partial charge in [-0.2, -0.15) is 0 Å². The van der Waals surface area contributed by atoms with E-state index in [1.54, 1.807) is 19.2 Å². The van der Waals surface area contributed by atoms with Crippen LogP contribution in [0.2, 0.25) is 0 Å². The van der Waals surface area contributed by atoms with E-state index >= 15 is 0 Å². The molecule has 1 aliphatic rings. The van der Waals surface area contributed by atoms with E-state index in [-0.39, 0.29) is 6.04 Å². The molecular formula is C13H19NO2. The zero-order valence-corrected chi connectivity index (χ0v) is 9.86. The molecule has 0 radical (unpaired) electrons. The second kappa shape index (κ2) is 4.74. The highest BCUT2D eigenvalue weighted by Gasteiger charge is 2.22. The molecule has 0 bridgehead atoms. The fraction of sp³-hybridized carbons (Fsp3) is 0.538. The lowest BCUT2D eigenvalue weighted by atomic mass is 10.1. The smallest absolute Gasteiger partial charge is 0.120 e. The van der Waals surface area contributed by atoms with E-state index in [1.165, 1.54) is 12.8 Å². The average molecular weight is 221 g/mol. The number of phenolic OH excluding ortho intramolecular Hbond substituents is 1. The van der Waals surface area contributed by atoms with E-state index in [0.717, 1.165) is 23.8 Å². The van der Waals surface area contributed by atoms with E-state index in [0.29, 0.717) is 5.75 Å². The van der Waals surface area contributed by atoms with Crippen molar-refractivity contribution in [3.8, 4) is 11.5 Å². The van der Waals surface area contributed by atoms with Gasteiger partial charge in [-0.05, 0) is 50.4 Å². The molecule has 1 unspecified atom stereocenters. The average Bonchev–Trinajstić information content (AvgIpc) is 3.10. The molecule has 1 aromatic rings. The van der Waals surface area contributed by atoms with Gasteiger partial charge < -0.3 is 15.2 Å². The Hall–Kier alpha value is -1.22. The normalized spacial score (nSPS) is 17.1. The molecule has 1 saturated carbocycles. The molecule has 0 aromatic heterocycles. The number of ether oxygens (including phenoxy) is 1. The first-order chi connectivity index (χ1) is 7.70. The summed E-state index contributed by atoms with van der Waals surface area (Å²) in [6.45, 7) is 3.11. The lowest BCUT2D eigenvalue weighted by Gasteiger charge is -2.16. The van der Waals surface area contributed by atoms with Gasteiger partial charge in [-0.25, -0.2) is 0 Å². The lowest BCUT2D eigenvalue weighted by molar-refractivity contribution is 0.407. The van der Waals surface area contributed by atoms with Crippen molar-refractivity contribution in [3.63, 3.8) is 0 Å². The Bertz CT molecular complexity index is 361. The second-order valence-corrected chi connectivity index (χ2v) is 4.50. The molecule has 1 aliphatic carbocycles. The summed E-state index contributed by atoms with van der Waals surface area (Å²) in [7, 11) is 1.64. The maximum atomic E-state index is 9.79. The van der Waals surface area contributed by atoms with Crippen LogP contribution in [0.3, 0.4) is 0 Å². The maximum Gasteiger partial charge on any atom is 0.120 e. The Morgan fingerprint density at radius 3 is 2.88 bits per heavy atom. The van der Waals surface area contributed by atoms with Crippen LogP contribution >= 0.6 is 0 Å². The second-order valence-electron chi connectivity index (χ2n) is 4.50. The van der Waals surface area contributed by atoms with E-state index < -0.39 is 0 Å². The van der Waals surface area contributed by atoms with Crippen molar-refractivity contribution in [1.82, 2.24) is 5.32 Å². The number of benzene rings is 1. The zero-order valence-electron chi connectivity index (χ0n) is 9.86. The molecule has 2 N–H and O–H groups in total. The zero-order chi connectivity index (χ0) is 11.5. The first kappa shape index (κ1) is 11.3. The van der Waals surface area contributed by atoms with Gasteiger partial charge in [0.25, 0.3) is 0 Å². The van der Waals surface area contributed by atoms with Gasteiger partial charge in [0.2, 0.25) is 0 Å². The molecular weight excluding hydrogens is 202 g/mol. The summed E-state index contributed by atoms with van der Waals surface area (Å²) < 4.78 is 5.16. The summed E-state index contributed by atoms with van der Waals surface area (Å²) in [6, 6.07) is 5.51. The Morgan fingerprint density at radius 2 is 2.25 bits per heavy atom.